The van der Waals surface area contributed by atoms with Gasteiger partial charge < -0.3 is 15.2 Å². The smallest absolute Gasteiger partial charge is 0.460 e. The van der Waals surface area contributed by atoms with Crippen LogP contribution in [-0.4, -0.2) is 79.3 Å². The first-order valence-electron chi connectivity index (χ1n) is 11.5. The predicted molar refractivity (Wildman–Crippen MR) is 108 cm³/mol. The Morgan fingerprint density at radius 2 is 1.02 bits per heavy atom. The monoisotopic (exact) mass is 677 g/mol. The van der Waals surface area contributed by atoms with Crippen molar-refractivity contribution in [3.05, 3.63) is 0 Å². The van der Waals surface area contributed by atoms with Crippen LogP contribution in [0.15, 0.2) is 0 Å². The van der Waals surface area contributed by atoms with E-state index in [1.807, 2.05) is 0 Å². The molecule has 0 rings (SSSR count). The van der Waals surface area contributed by atoms with Crippen LogP contribution in [0.5, 0.6) is 0 Å². The van der Waals surface area contributed by atoms with Gasteiger partial charge >= 0.3 is 59.6 Å². The van der Waals surface area contributed by atoms with Gasteiger partial charge in [-0.2, -0.15) is 74.6 Å². The summed E-state index contributed by atoms with van der Waals surface area (Å²) in [5, 5.41) is 0. The number of nitrogens with two attached hydrogens (primary N) is 1. The highest BCUT2D eigenvalue weighted by Gasteiger charge is 2.95. The molecule has 2 N–H and O–H groups in total. The van der Waals surface area contributed by atoms with E-state index in [0.717, 1.165) is 6.92 Å². The molecule has 22 heteroatoms. The molecule has 0 saturated heterocycles. The van der Waals surface area contributed by atoms with Gasteiger partial charge in [0.25, 0.3) is 0 Å². The average Bonchev–Trinajstić information content (AvgIpc) is 2.82. The molecule has 0 aliphatic heterocycles. The maximum Gasteiger partial charge on any atom is 0.460 e. The standard InChI is InChI=1S/C21H24F17NO4/c1-10(9-13(2,3)12(41)43-7-4-6-39)11(40)42-8-5-14(22,23)15(24,25)16(26,27)17(28,29)18(30,31)19(32,33)20(34,35)21(36,37)38/h10H,4-9,39H2,1-3H3. The average molecular weight is 677 g/mol. The Kier molecular flexibility index (Phi) is 11.9. The lowest BCUT2D eigenvalue weighted by molar-refractivity contribution is -0.461. The summed E-state index contributed by atoms with van der Waals surface area (Å²) in [4.78, 5) is 24.0. The Bertz CT molecular complexity index is 979. The van der Waals surface area contributed by atoms with Crippen LogP contribution in [0, 0.1) is 11.3 Å². The summed E-state index contributed by atoms with van der Waals surface area (Å²) in [5.74, 6) is -61.1. The molecule has 0 saturated carbocycles. The second-order valence-corrected chi connectivity index (χ2v) is 9.83. The molecule has 0 aromatic carbocycles. The lowest BCUT2D eigenvalue weighted by Gasteiger charge is -2.42. The van der Waals surface area contributed by atoms with Crippen molar-refractivity contribution < 1.29 is 93.7 Å². The molecule has 0 spiro atoms. The summed E-state index contributed by atoms with van der Waals surface area (Å²) in [6.07, 6.45) is -11.0. The molecule has 1 unspecified atom stereocenters. The number of alkyl halides is 17. The Morgan fingerprint density at radius 1 is 0.628 bits per heavy atom. The topological polar surface area (TPSA) is 78.6 Å². The van der Waals surface area contributed by atoms with Crippen molar-refractivity contribution in [3.8, 4) is 0 Å². The Morgan fingerprint density at radius 3 is 1.42 bits per heavy atom. The van der Waals surface area contributed by atoms with Gasteiger partial charge in [0.2, 0.25) is 0 Å². The normalized spacial score (nSPS) is 15.7. The van der Waals surface area contributed by atoms with Crippen LogP contribution in [0.2, 0.25) is 0 Å². The van der Waals surface area contributed by atoms with Gasteiger partial charge in [-0.25, -0.2) is 0 Å². The fraction of sp³-hybridized carbons (Fsp3) is 0.905. The van der Waals surface area contributed by atoms with Crippen LogP contribution in [0.25, 0.3) is 0 Å². The van der Waals surface area contributed by atoms with E-state index in [2.05, 4.69) is 4.74 Å². The number of ether oxygens (including phenoxy) is 2. The van der Waals surface area contributed by atoms with Gasteiger partial charge in [0.1, 0.15) is 0 Å². The van der Waals surface area contributed by atoms with Crippen LogP contribution in [0.3, 0.4) is 0 Å². The Hall–Kier alpha value is -2.29. The third kappa shape index (κ3) is 7.34. The number of rotatable bonds is 16. The molecule has 0 aliphatic carbocycles. The predicted octanol–water partition coefficient (Wildman–Crippen LogP) is 6.87. The first kappa shape index (κ1) is 40.7. The van der Waals surface area contributed by atoms with E-state index in [9.17, 15) is 84.2 Å². The first-order valence-corrected chi connectivity index (χ1v) is 11.5. The minimum absolute atomic E-state index is 0.132. The SMILES string of the molecule is CC(CC(C)(C)C(=O)OCCCN)C(=O)OCCC(F)(F)C(F)(F)C(F)(F)C(F)(F)C(F)(F)C(F)(F)C(F)(F)C(F)(F)F. The van der Waals surface area contributed by atoms with E-state index >= 15 is 0 Å². The van der Waals surface area contributed by atoms with Gasteiger partial charge in [0.05, 0.1) is 31.0 Å². The number of halogens is 17. The summed E-state index contributed by atoms with van der Waals surface area (Å²) in [7, 11) is 0. The molecule has 0 aromatic heterocycles. The van der Waals surface area contributed by atoms with Crippen molar-refractivity contribution in [2.45, 2.75) is 87.7 Å². The van der Waals surface area contributed by atoms with Crippen molar-refractivity contribution in [2.24, 2.45) is 17.1 Å². The lowest BCUT2D eigenvalue weighted by atomic mass is 9.83. The van der Waals surface area contributed by atoms with E-state index in [4.69, 9.17) is 10.5 Å². The highest BCUT2D eigenvalue weighted by atomic mass is 19.4. The van der Waals surface area contributed by atoms with Crippen molar-refractivity contribution >= 4 is 11.9 Å². The molecule has 5 nitrogen and oxygen atoms in total. The molecular weight excluding hydrogens is 653 g/mol. The minimum Gasteiger partial charge on any atom is -0.465 e. The molecule has 0 heterocycles. The maximum atomic E-state index is 13.9. The number of carbonyl (C=O) groups excluding carboxylic acids is 2. The number of hydrogen-bond donors (Lipinski definition) is 1. The molecule has 0 fully saturated rings. The fourth-order valence-corrected chi connectivity index (χ4v) is 3.15. The van der Waals surface area contributed by atoms with E-state index in [1.165, 1.54) is 13.8 Å². The number of carbonyl (C=O) groups is 2. The third-order valence-electron chi connectivity index (χ3n) is 5.80. The largest absolute Gasteiger partial charge is 0.465 e. The Labute approximate surface area is 231 Å². The zero-order valence-corrected chi connectivity index (χ0v) is 22.0. The van der Waals surface area contributed by atoms with E-state index in [-0.39, 0.29) is 19.6 Å². The van der Waals surface area contributed by atoms with Crippen LogP contribution >= 0.6 is 0 Å². The van der Waals surface area contributed by atoms with E-state index in [0.29, 0.717) is 0 Å². The van der Waals surface area contributed by atoms with Crippen molar-refractivity contribution in [1.29, 1.82) is 0 Å². The number of hydrogen-bond acceptors (Lipinski definition) is 5. The van der Waals surface area contributed by atoms with E-state index in [1.54, 1.807) is 0 Å². The van der Waals surface area contributed by atoms with Gasteiger partial charge in [0, 0.05) is 0 Å². The molecule has 43 heavy (non-hydrogen) atoms. The molecule has 0 amide bonds. The summed E-state index contributed by atoms with van der Waals surface area (Å²) in [6.45, 7) is 1.36. The highest BCUT2D eigenvalue weighted by Crippen LogP contribution is 2.64. The first-order chi connectivity index (χ1) is 18.7. The van der Waals surface area contributed by atoms with Crippen LogP contribution in [0.1, 0.15) is 40.0 Å². The lowest BCUT2D eigenvalue weighted by Crippen LogP contribution is -2.74. The van der Waals surface area contributed by atoms with Crippen LogP contribution in [-0.2, 0) is 19.1 Å². The highest BCUT2D eigenvalue weighted by molar-refractivity contribution is 5.78. The second kappa shape index (κ2) is 12.6. The zero-order chi connectivity index (χ0) is 34.9. The molecule has 0 radical (unpaired) electrons. The van der Waals surface area contributed by atoms with Gasteiger partial charge in [-0.3, -0.25) is 9.59 Å². The van der Waals surface area contributed by atoms with Crippen molar-refractivity contribution in [3.63, 3.8) is 0 Å². The second-order valence-electron chi connectivity index (χ2n) is 9.83. The summed E-state index contributed by atoms with van der Waals surface area (Å²) < 4.78 is 235. The minimum atomic E-state index is -8.72. The zero-order valence-electron chi connectivity index (χ0n) is 22.0. The van der Waals surface area contributed by atoms with Gasteiger partial charge in [0.15, 0.2) is 0 Å². The molecule has 0 aliphatic rings. The summed E-state index contributed by atoms with van der Waals surface area (Å²) >= 11 is 0. The fourth-order valence-electron chi connectivity index (χ4n) is 3.15. The van der Waals surface area contributed by atoms with Gasteiger partial charge in [-0.05, 0) is 33.2 Å². The van der Waals surface area contributed by atoms with Crippen molar-refractivity contribution in [2.75, 3.05) is 19.8 Å². The molecule has 0 aromatic rings. The molecule has 256 valence electrons. The van der Waals surface area contributed by atoms with E-state index < -0.39 is 90.4 Å². The maximum absolute atomic E-state index is 13.9. The molecule has 1 atom stereocenters. The van der Waals surface area contributed by atoms with Gasteiger partial charge in [-0.15, -0.1) is 0 Å². The van der Waals surface area contributed by atoms with Crippen molar-refractivity contribution in [1.82, 2.24) is 0 Å². The van der Waals surface area contributed by atoms with Crippen LogP contribution in [0.4, 0.5) is 74.6 Å². The Balaban J connectivity index is 5.87. The summed E-state index contributed by atoms with van der Waals surface area (Å²) in [5.41, 5.74) is 3.72. The van der Waals surface area contributed by atoms with Gasteiger partial charge in [-0.1, -0.05) is 6.92 Å². The quantitative estimate of drug-likeness (QED) is 0.110. The van der Waals surface area contributed by atoms with Crippen LogP contribution < -0.4 is 5.73 Å². The summed E-state index contributed by atoms with van der Waals surface area (Å²) in [6, 6.07) is 0. The number of esters is 2. The molecular formula is C21H24F17NO4. The third-order valence-corrected chi connectivity index (χ3v) is 5.80. The molecule has 0 bridgehead atoms.